The van der Waals surface area contributed by atoms with Crippen LogP contribution in [0, 0.1) is 0 Å². The summed E-state index contributed by atoms with van der Waals surface area (Å²) in [6.07, 6.45) is 4.96. The van der Waals surface area contributed by atoms with Crippen LogP contribution in [0.1, 0.15) is 0 Å². The summed E-state index contributed by atoms with van der Waals surface area (Å²) in [7, 11) is 0. The molecule has 0 radical (unpaired) electrons. The third-order valence-electron chi connectivity index (χ3n) is 2.17. The molecular weight excluding hydrogens is 228 g/mol. The molecule has 0 unspecified atom stereocenters. The fourth-order valence-electron chi connectivity index (χ4n) is 1.53. The van der Waals surface area contributed by atoms with E-state index in [1.54, 1.807) is 10.8 Å². The second kappa shape index (κ2) is 4.01. The molecule has 0 aliphatic carbocycles. The lowest BCUT2D eigenvalue weighted by Crippen LogP contribution is -2.08. The summed E-state index contributed by atoms with van der Waals surface area (Å²) in [6, 6.07) is 0. The Morgan fingerprint density at radius 1 is 1.62 bits per heavy atom. The molecule has 0 bridgehead atoms. The van der Waals surface area contributed by atoms with Gasteiger partial charge in [0.25, 0.3) is 0 Å². The third-order valence-corrected chi connectivity index (χ3v) is 2.92. The molecule has 0 saturated heterocycles. The first-order valence-corrected chi connectivity index (χ1v) is 5.71. The summed E-state index contributed by atoms with van der Waals surface area (Å²) in [5, 5.41) is 9.49. The molecule has 2 rings (SSSR count). The Labute approximate surface area is 95.5 Å². The number of nitrogens with two attached hydrogens (primary N) is 1. The van der Waals surface area contributed by atoms with E-state index in [9.17, 15) is 4.79 Å². The molecular formula is C9H10N4O2S. The molecule has 0 atom stereocenters. The van der Waals surface area contributed by atoms with Crippen LogP contribution in [0.2, 0.25) is 0 Å². The molecule has 16 heavy (non-hydrogen) atoms. The molecule has 2 aromatic rings. The molecule has 0 amide bonds. The second-order valence-corrected chi connectivity index (χ2v) is 4.02. The maximum absolute atomic E-state index is 10.7. The van der Waals surface area contributed by atoms with Crippen LogP contribution in [0.25, 0.3) is 11.0 Å². The Hall–Kier alpha value is -1.76. The van der Waals surface area contributed by atoms with E-state index in [-0.39, 0.29) is 6.54 Å². The van der Waals surface area contributed by atoms with Gasteiger partial charge in [-0.1, -0.05) is 0 Å². The van der Waals surface area contributed by atoms with Gasteiger partial charge in [0.05, 0.1) is 5.39 Å². The molecule has 6 nitrogen and oxygen atoms in total. The quantitative estimate of drug-likeness (QED) is 0.769. The van der Waals surface area contributed by atoms with Crippen molar-refractivity contribution in [1.82, 2.24) is 14.5 Å². The van der Waals surface area contributed by atoms with Gasteiger partial charge in [0.15, 0.2) is 0 Å². The number of hydrogen-bond acceptors (Lipinski definition) is 5. The van der Waals surface area contributed by atoms with Crippen molar-refractivity contribution in [3.05, 3.63) is 12.5 Å². The lowest BCUT2D eigenvalue weighted by atomic mass is 10.4. The molecule has 0 fully saturated rings. The zero-order valence-corrected chi connectivity index (χ0v) is 9.36. The van der Waals surface area contributed by atoms with Crippen molar-refractivity contribution in [1.29, 1.82) is 0 Å². The molecule has 7 heteroatoms. The van der Waals surface area contributed by atoms with Gasteiger partial charge < -0.3 is 15.4 Å². The van der Waals surface area contributed by atoms with Crippen molar-refractivity contribution in [2.45, 2.75) is 11.4 Å². The van der Waals surface area contributed by atoms with E-state index in [4.69, 9.17) is 10.8 Å². The number of carbonyl (C=O) groups is 1. The predicted octanol–water partition coefficient (Wildman–Crippen LogP) is 0.820. The normalized spacial score (nSPS) is 10.8. The number of aromatic nitrogens is 3. The van der Waals surface area contributed by atoms with Crippen molar-refractivity contribution in [2.24, 2.45) is 0 Å². The van der Waals surface area contributed by atoms with Gasteiger partial charge in [0.2, 0.25) is 0 Å². The van der Waals surface area contributed by atoms with Gasteiger partial charge >= 0.3 is 5.97 Å². The summed E-state index contributed by atoms with van der Waals surface area (Å²) in [4.78, 5) is 19.5. The Balaban J connectivity index is 2.68. The highest BCUT2D eigenvalue weighted by Crippen LogP contribution is 2.30. The number of nitrogen functional groups attached to an aromatic ring is 1. The zero-order chi connectivity index (χ0) is 11.7. The van der Waals surface area contributed by atoms with Crippen molar-refractivity contribution in [2.75, 3.05) is 12.0 Å². The third kappa shape index (κ3) is 1.69. The minimum atomic E-state index is -0.915. The number of hydrogen-bond donors (Lipinski definition) is 2. The van der Waals surface area contributed by atoms with Crippen molar-refractivity contribution in [3.63, 3.8) is 0 Å². The smallest absolute Gasteiger partial charge is 0.323 e. The van der Waals surface area contributed by atoms with Gasteiger partial charge in [-0.2, -0.15) is 0 Å². The average Bonchev–Trinajstić information content (AvgIpc) is 2.57. The summed E-state index contributed by atoms with van der Waals surface area (Å²) in [6.45, 7) is -0.131. The number of fused-ring (bicyclic) bond motifs is 1. The molecule has 0 aromatic carbocycles. The highest BCUT2D eigenvalue weighted by molar-refractivity contribution is 7.98. The summed E-state index contributed by atoms with van der Waals surface area (Å²) in [5.74, 6) is -0.541. The zero-order valence-electron chi connectivity index (χ0n) is 8.54. The molecule has 84 valence electrons. The Kier molecular flexibility index (Phi) is 2.69. The molecule has 0 aliphatic rings. The molecule has 2 heterocycles. The number of aliphatic carboxylic acids is 1. The molecule has 0 spiro atoms. The number of nitrogens with zero attached hydrogens (tertiary/aromatic N) is 3. The van der Waals surface area contributed by atoms with E-state index in [1.165, 1.54) is 18.1 Å². The van der Waals surface area contributed by atoms with Gasteiger partial charge in [0, 0.05) is 11.1 Å². The van der Waals surface area contributed by atoms with Crippen LogP contribution in [-0.4, -0.2) is 31.9 Å². The summed E-state index contributed by atoms with van der Waals surface area (Å²) in [5.41, 5.74) is 6.31. The number of anilines is 1. The number of rotatable bonds is 3. The Bertz CT molecular complexity index is 552. The number of carboxylic acids is 1. The average molecular weight is 238 g/mol. The van der Waals surface area contributed by atoms with Gasteiger partial charge in [0.1, 0.15) is 24.3 Å². The SMILES string of the molecule is CSc1cn(CC(=O)O)c2ncnc(N)c12. The van der Waals surface area contributed by atoms with Crippen LogP contribution in [-0.2, 0) is 11.3 Å². The maximum atomic E-state index is 10.7. The number of thioether (sulfide) groups is 1. The number of carboxylic acid groups (broad SMARTS) is 1. The second-order valence-electron chi connectivity index (χ2n) is 3.18. The van der Waals surface area contributed by atoms with Gasteiger partial charge in [-0.3, -0.25) is 4.79 Å². The molecule has 0 aliphatic heterocycles. The van der Waals surface area contributed by atoms with Crippen LogP contribution in [0.15, 0.2) is 17.4 Å². The van der Waals surface area contributed by atoms with E-state index in [0.717, 1.165) is 10.3 Å². The van der Waals surface area contributed by atoms with Crippen molar-refractivity contribution < 1.29 is 9.90 Å². The first-order valence-electron chi connectivity index (χ1n) is 4.48. The van der Waals surface area contributed by atoms with Crippen molar-refractivity contribution >= 4 is 34.6 Å². The lowest BCUT2D eigenvalue weighted by molar-refractivity contribution is -0.137. The molecule has 2 aromatic heterocycles. The summed E-state index contributed by atoms with van der Waals surface area (Å²) < 4.78 is 1.56. The molecule has 3 N–H and O–H groups in total. The maximum Gasteiger partial charge on any atom is 0.323 e. The van der Waals surface area contributed by atoms with Crippen LogP contribution in [0.3, 0.4) is 0 Å². The largest absolute Gasteiger partial charge is 0.480 e. The fraction of sp³-hybridized carbons (Fsp3) is 0.222. The van der Waals surface area contributed by atoms with E-state index in [2.05, 4.69) is 9.97 Å². The highest BCUT2D eigenvalue weighted by atomic mass is 32.2. The van der Waals surface area contributed by atoms with Crippen molar-refractivity contribution in [3.8, 4) is 0 Å². The first-order chi connectivity index (χ1) is 7.63. The van der Waals surface area contributed by atoms with Crippen LogP contribution >= 0.6 is 11.8 Å². The van der Waals surface area contributed by atoms with E-state index < -0.39 is 5.97 Å². The van der Waals surface area contributed by atoms with E-state index in [1.807, 2.05) is 6.26 Å². The standard InChI is InChI=1S/C9H10N4O2S/c1-16-5-2-13(3-6(14)15)9-7(5)8(10)11-4-12-9/h2,4H,3H2,1H3,(H,14,15)(H2,10,11,12). The minimum Gasteiger partial charge on any atom is -0.480 e. The van der Waals surface area contributed by atoms with Crippen LogP contribution in [0.5, 0.6) is 0 Å². The minimum absolute atomic E-state index is 0.131. The monoisotopic (exact) mass is 238 g/mol. The topological polar surface area (TPSA) is 94.0 Å². The Morgan fingerprint density at radius 2 is 2.38 bits per heavy atom. The predicted molar refractivity (Wildman–Crippen MR) is 61.4 cm³/mol. The van der Waals surface area contributed by atoms with Gasteiger partial charge in [-0.15, -0.1) is 11.8 Å². The van der Waals surface area contributed by atoms with Gasteiger partial charge in [-0.25, -0.2) is 9.97 Å². The van der Waals surface area contributed by atoms with Crippen LogP contribution in [0.4, 0.5) is 5.82 Å². The van der Waals surface area contributed by atoms with E-state index >= 15 is 0 Å². The summed E-state index contributed by atoms with van der Waals surface area (Å²) >= 11 is 1.49. The first kappa shape index (κ1) is 10.7. The Morgan fingerprint density at radius 3 is 3.00 bits per heavy atom. The highest BCUT2D eigenvalue weighted by Gasteiger charge is 2.13. The lowest BCUT2D eigenvalue weighted by Gasteiger charge is -1.99. The van der Waals surface area contributed by atoms with E-state index in [0.29, 0.717) is 11.5 Å². The van der Waals surface area contributed by atoms with Crippen LogP contribution < -0.4 is 5.73 Å². The fourth-order valence-corrected chi connectivity index (χ4v) is 2.16. The molecule has 0 saturated carbocycles. The van der Waals surface area contributed by atoms with Gasteiger partial charge in [-0.05, 0) is 6.26 Å².